The molecule has 0 aromatic carbocycles. The normalized spacial score (nSPS) is 23.7. The first kappa shape index (κ1) is 38.4. The van der Waals surface area contributed by atoms with Gasteiger partial charge in [0.05, 0.1) is 19.6 Å². The number of hydrogen-bond donors (Lipinski definition) is 4. The maximum atomic E-state index is 12.5. The van der Waals surface area contributed by atoms with Crippen molar-refractivity contribution in [2.24, 2.45) is 0 Å². The maximum Gasteiger partial charge on any atom is 0.310 e. The zero-order valence-electron chi connectivity index (χ0n) is 25.7. The zero-order chi connectivity index (χ0) is 31.7. The third kappa shape index (κ3) is 18.0. The molecule has 244 valence electrons. The minimum absolute atomic E-state index is 0.00544. The second kappa shape index (κ2) is 24.8. The standard InChI is InChI=1S/C33H52O10/c1-3-5-7-8-9-10-11-12-13-14-15-16-17-18-20-22-29(36)42-26(24-40-28(35)21-19-6-4-2)25-41-33-32(39)31(38)30(37)27(23-34)43-33/h5,7,9-10,12-13,15-16,18,20,26-27,30-34,37-39H,3-4,6,8,11,14,17,19,21-25H2,1-2H3/b7-5-,10-9-,13-12-,16-15-,20-18-. The van der Waals surface area contributed by atoms with Gasteiger partial charge in [-0.25, -0.2) is 0 Å². The van der Waals surface area contributed by atoms with Gasteiger partial charge in [-0.2, -0.15) is 0 Å². The Morgan fingerprint density at radius 3 is 1.88 bits per heavy atom. The van der Waals surface area contributed by atoms with Gasteiger partial charge < -0.3 is 39.4 Å². The lowest BCUT2D eigenvalue weighted by molar-refractivity contribution is -0.305. The number of unbranched alkanes of at least 4 members (excludes halogenated alkanes) is 2. The Bertz CT molecular complexity index is 892. The number of allylic oxidation sites excluding steroid dienone is 9. The average molecular weight is 609 g/mol. The number of aliphatic hydroxyl groups excluding tert-OH is 4. The lowest BCUT2D eigenvalue weighted by Crippen LogP contribution is -2.59. The van der Waals surface area contributed by atoms with Crippen molar-refractivity contribution >= 4 is 11.9 Å². The van der Waals surface area contributed by atoms with Crippen LogP contribution in [0.15, 0.2) is 60.8 Å². The van der Waals surface area contributed by atoms with E-state index in [1.54, 1.807) is 6.08 Å². The quantitative estimate of drug-likeness (QED) is 0.0807. The monoisotopic (exact) mass is 608 g/mol. The molecule has 0 aliphatic carbocycles. The Balaban J connectivity index is 2.50. The highest BCUT2D eigenvalue weighted by atomic mass is 16.7. The lowest BCUT2D eigenvalue weighted by atomic mass is 9.99. The first-order valence-electron chi connectivity index (χ1n) is 15.4. The van der Waals surface area contributed by atoms with E-state index in [-0.39, 0.29) is 26.1 Å². The number of carbonyl (C=O) groups is 2. The summed E-state index contributed by atoms with van der Waals surface area (Å²) in [5.41, 5.74) is 0. The van der Waals surface area contributed by atoms with Crippen LogP contribution in [-0.2, 0) is 28.5 Å². The van der Waals surface area contributed by atoms with Gasteiger partial charge in [-0.05, 0) is 38.5 Å². The summed E-state index contributed by atoms with van der Waals surface area (Å²) >= 11 is 0. The van der Waals surface area contributed by atoms with E-state index in [4.69, 9.17) is 18.9 Å². The van der Waals surface area contributed by atoms with Crippen LogP contribution in [0.3, 0.4) is 0 Å². The molecule has 1 rings (SSSR count). The molecule has 0 bridgehead atoms. The van der Waals surface area contributed by atoms with Crippen LogP contribution in [0.4, 0.5) is 0 Å². The Morgan fingerprint density at radius 2 is 1.33 bits per heavy atom. The fourth-order valence-corrected chi connectivity index (χ4v) is 3.97. The molecule has 6 atom stereocenters. The number of hydrogen-bond acceptors (Lipinski definition) is 10. The number of esters is 2. The van der Waals surface area contributed by atoms with Crippen molar-refractivity contribution in [3.63, 3.8) is 0 Å². The van der Waals surface area contributed by atoms with Crippen LogP contribution in [-0.4, -0.2) is 89.0 Å². The number of rotatable bonds is 22. The molecule has 10 heteroatoms. The molecule has 6 unspecified atom stereocenters. The van der Waals surface area contributed by atoms with Gasteiger partial charge in [-0.15, -0.1) is 0 Å². The van der Waals surface area contributed by atoms with Crippen molar-refractivity contribution in [3.8, 4) is 0 Å². The Hall–Kier alpha value is -2.60. The van der Waals surface area contributed by atoms with Gasteiger partial charge in [-0.3, -0.25) is 9.59 Å². The van der Waals surface area contributed by atoms with E-state index in [1.807, 2.05) is 25.2 Å². The molecule has 1 aliphatic heterocycles. The SMILES string of the molecule is CC/C=C\C/C=C\C/C=C\C/C=C\C/C=C\CC(=O)OC(COC(=O)CCCCC)COC1OC(CO)C(O)C(O)C1O. The highest BCUT2D eigenvalue weighted by Gasteiger charge is 2.44. The average Bonchev–Trinajstić information content (AvgIpc) is 3.00. The van der Waals surface area contributed by atoms with E-state index < -0.39 is 55.4 Å². The van der Waals surface area contributed by atoms with Gasteiger partial charge in [-0.1, -0.05) is 87.4 Å². The molecular formula is C33H52O10. The summed E-state index contributed by atoms with van der Waals surface area (Å²) in [6.07, 6.45) is 19.3. The largest absolute Gasteiger partial charge is 0.462 e. The predicted octanol–water partition coefficient (Wildman–Crippen LogP) is 3.98. The summed E-state index contributed by atoms with van der Waals surface area (Å²) < 4.78 is 21.5. The van der Waals surface area contributed by atoms with Crippen molar-refractivity contribution < 1.29 is 49.0 Å². The van der Waals surface area contributed by atoms with Crippen LogP contribution in [0.2, 0.25) is 0 Å². The van der Waals surface area contributed by atoms with E-state index in [9.17, 15) is 30.0 Å². The molecule has 1 heterocycles. The van der Waals surface area contributed by atoms with E-state index in [0.29, 0.717) is 12.8 Å². The molecule has 10 nitrogen and oxygen atoms in total. The summed E-state index contributed by atoms with van der Waals surface area (Å²) in [5, 5.41) is 39.5. The van der Waals surface area contributed by atoms with Crippen molar-refractivity contribution in [2.75, 3.05) is 19.8 Å². The van der Waals surface area contributed by atoms with Crippen molar-refractivity contribution in [3.05, 3.63) is 60.8 Å². The van der Waals surface area contributed by atoms with E-state index in [0.717, 1.165) is 38.5 Å². The molecule has 1 fully saturated rings. The molecule has 1 saturated heterocycles. The lowest BCUT2D eigenvalue weighted by Gasteiger charge is -2.39. The van der Waals surface area contributed by atoms with Gasteiger partial charge in [0, 0.05) is 6.42 Å². The summed E-state index contributed by atoms with van der Waals surface area (Å²) in [4.78, 5) is 24.5. The molecule has 0 radical (unpaired) electrons. The highest BCUT2D eigenvalue weighted by molar-refractivity contribution is 5.71. The van der Waals surface area contributed by atoms with Crippen molar-refractivity contribution in [2.45, 2.75) is 115 Å². The fourth-order valence-electron chi connectivity index (χ4n) is 3.97. The third-order valence-electron chi connectivity index (χ3n) is 6.45. The zero-order valence-corrected chi connectivity index (χ0v) is 25.7. The number of carbonyl (C=O) groups excluding carboxylic acids is 2. The summed E-state index contributed by atoms with van der Waals surface area (Å²) in [5.74, 6) is -0.994. The molecular weight excluding hydrogens is 556 g/mol. The van der Waals surface area contributed by atoms with Gasteiger partial charge in [0.15, 0.2) is 12.4 Å². The molecule has 0 spiro atoms. The minimum atomic E-state index is -1.61. The smallest absolute Gasteiger partial charge is 0.310 e. The van der Waals surface area contributed by atoms with Crippen LogP contribution in [0.1, 0.15) is 78.1 Å². The molecule has 0 saturated carbocycles. The highest BCUT2D eigenvalue weighted by Crippen LogP contribution is 2.22. The molecule has 4 N–H and O–H groups in total. The van der Waals surface area contributed by atoms with E-state index in [1.165, 1.54) is 0 Å². The molecule has 0 amide bonds. The van der Waals surface area contributed by atoms with Gasteiger partial charge in [0.1, 0.15) is 31.0 Å². The van der Waals surface area contributed by atoms with Crippen LogP contribution < -0.4 is 0 Å². The van der Waals surface area contributed by atoms with Crippen molar-refractivity contribution in [1.82, 2.24) is 0 Å². The van der Waals surface area contributed by atoms with Crippen LogP contribution in [0.25, 0.3) is 0 Å². The molecule has 1 aliphatic rings. The Morgan fingerprint density at radius 1 is 0.744 bits per heavy atom. The first-order chi connectivity index (χ1) is 20.8. The molecule has 0 aromatic rings. The fraction of sp³-hybridized carbons (Fsp3) is 0.636. The number of aliphatic hydroxyl groups is 4. The van der Waals surface area contributed by atoms with Crippen molar-refractivity contribution in [1.29, 1.82) is 0 Å². The van der Waals surface area contributed by atoms with Gasteiger partial charge >= 0.3 is 11.9 Å². The summed E-state index contributed by atoms with van der Waals surface area (Å²) in [7, 11) is 0. The first-order valence-corrected chi connectivity index (χ1v) is 15.4. The second-order valence-corrected chi connectivity index (χ2v) is 10.2. The summed E-state index contributed by atoms with van der Waals surface area (Å²) in [6, 6.07) is 0. The minimum Gasteiger partial charge on any atom is -0.462 e. The van der Waals surface area contributed by atoms with Gasteiger partial charge in [0.2, 0.25) is 0 Å². The van der Waals surface area contributed by atoms with E-state index >= 15 is 0 Å². The maximum absolute atomic E-state index is 12.5. The molecule has 0 aromatic heterocycles. The predicted molar refractivity (Wildman–Crippen MR) is 164 cm³/mol. The van der Waals surface area contributed by atoms with E-state index in [2.05, 4.69) is 43.4 Å². The number of ether oxygens (including phenoxy) is 4. The Labute approximate surface area is 256 Å². The topological polar surface area (TPSA) is 152 Å². The van der Waals surface area contributed by atoms with Crippen LogP contribution >= 0.6 is 0 Å². The van der Waals surface area contributed by atoms with Gasteiger partial charge in [0.25, 0.3) is 0 Å². The second-order valence-electron chi connectivity index (χ2n) is 10.2. The summed E-state index contributed by atoms with van der Waals surface area (Å²) in [6.45, 7) is 2.95. The van der Waals surface area contributed by atoms with Crippen LogP contribution in [0, 0.1) is 0 Å². The van der Waals surface area contributed by atoms with Crippen LogP contribution in [0.5, 0.6) is 0 Å². The Kier molecular flexibility index (Phi) is 22.2. The third-order valence-corrected chi connectivity index (χ3v) is 6.45. The molecule has 43 heavy (non-hydrogen) atoms.